The molecule has 0 bridgehead atoms. The van der Waals surface area contributed by atoms with Gasteiger partial charge in [0.2, 0.25) is 0 Å². The van der Waals surface area contributed by atoms with Crippen LogP contribution in [-0.4, -0.2) is 43.4 Å². The van der Waals surface area contributed by atoms with Gasteiger partial charge in [0, 0.05) is 0 Å². The van der Waals surface area contributed by atoms with Crippen molar-refractivity contribution in [1.82, 2.24) is 10.6 Å². The van der Waals surface area contributed by atoms with Crippen molar-refractivity contribution in [3.05, 3.63) is 121 Å². The van der Waals surface area contributed by atoms with Gasteiger partial charge in [-0.2, -0.15) is 0 Å². The van der Waals surface area contributed by atoms with Crippen LogP contribution in [0.2, 0.25) is 0 Å². The third-order valence-electron chi connectivity index (χ3n) is 7.56. The average molecular weight is 623 g/mol. The summed E-state index contributed by atoms with van der Waals surface area (Å²) < 4.78 is 8.09. The van der Waals surface area contributed by atoms with E-state index in [9.17, 15) is 0 Å². The van der Waals surface area contributed by atoms with Crippen molar-refractivity contribution in [2.45, 2.75) is 19.0 Å². The van der Waals surface area contributed by atoms with Crippen LogP contribution in [-0.2, 0) is 0 Å². The second kappa shape index (κ2) is 13.6. The van der Waals surface area contributed by atoms with Crippen molar-refractivity contribution in [3.63, 3.8) is 0 Å². The summed E-state index contributed by atoms with van der Waals surface area (Å²) in [6, 6.07) is 39.9. The van der Waals surface area contributed by atoms with Gasteiger partial charge in [-0.25, -0.2) is 5.32 Å². The number of rotatable bonds is 10. The van der Waals surface area contributed by atoms with Crippen molar-refractivity contribution < 1.29 is 21.7 Å². The van der Waals surface area contributed by atoms with Crippen LogP contribution in [0.15, 0.2) is 120 Å². The topological polar surface area (TPSA) is 74.7 Å². The van der Waals surface area contributed by atoms with Gasteiger partial charge >= 0.3 is 218 Å². The minimum Gasteiger partial charge on any atom is -1.00 e. The first kappa shape index (κ1) is 31.4. The maximum absolute atomic E-state index is 8.16. The first-order chi connectivity index (χ1) is 19.9. The molecule has 42 heavy (non-hydrogen) atoms. The van der Waals surface area contributed by atoms with Crippen molar-refractivity contribution in [2.24, 2.45) is 10.7 Å². The van der Waals surface area contributed by atoms with E-state index in [2.05, 4.69) is 107 Å². The molecule has 4 N–H and O–H groups in total. The summed E-state index contributed by atoms with van der Waals surface area (Å²) in [5.41, 5.74) is 6.99. The van der Waals surface area contributed by atoms with E-state index in [1.54, 1.807) is 0 Å². The minimum atomic E-state index is -3.24. The zero-order valence-corrected chi connectivity index (χ0v) is 26.4. The Balaban J connectivity index is 0.00000405. The molecule has 0 saturated carbocycles. The molecule has 1 unspecified atom stereocenters. The molecule has 1 atom stereocenters. The van der Waals surface area contributed by atoms with Crippen LogP contribution in [0.3, 0.4) is 0 Å². The van der Waals surface area contributed by atoms with Crippen LogP contribution in [0.1, 0.15) is 24.6 Å². The fourth-order valence-electron chi connectivity index (χ4n) is 5.39. The maximum atomic E-state index is 8.16. The van der Waals surface area contributed by atoms with Gasteiger partial charge in [0.15, 0.2) is 0 Å². The van der Waals surface area contributed by atoms with Crippen molar-refractivity contribution in [3.8, 4) is 5.75 Å². The van der Waals surface area contributed by atoms with E-state index in [0.717, 1.165) is 36.3 Å². The molecule has 1 aliphatic rings. The molecule has 9 heteroatoms. The van der Waals surface area contributed by atoms with E-state index in [1.165, 1.54) is 15.9 Å². The third kappa shape index (κ3) is 6.42. The van der Waals surface area contributed by atoms with E-state index in [1.807, 2.05) is 42.9 Å². The molecule has 4 aromatic rings. The van der Waals surface area contributed by atoms with E-state index in [-0.39, 0.29) is 18.6 Å². The first-order valence-corrected chi connectivity index (χ1v) is 17.2. The largest absolute Gasteiger partial charge is 1.00 e. The Hall–Kier alpha value is -3.57. The Morgan fingerprint density at radius 1 is 0.786 bits per heavy atom. The Morgan fingerprint density at radius 3 is 1.76 bits per heavy atom. The average Bonchev–Trinajstić information content (AvgIpc) is 3.02. The SMILES string of the molecule is C[N+](C)=C1NC(N)=NC(c2ccc(OCCCCP(Cl)(c3ccccc3)(c3ccccc3)c3ccccc3)cc2)N1.[Cl-]. The van der Waals surface area contributed by atoms with Crippen molar-refractivity contribution in [1.29, 1.82) is 0 Å². The van der Waals surface area contributed by atoms with E-state index in [0.29, 0.717) is 12.6 Å². The summed E-state index contributed by atoms with van der Waals surface area (Å²) in [4.78, 5) is 4.48. The van der Waals surface area contributed by atoms with Gasteiger partial charge < -0.3 is 18.1 Å². The maximum Gasteiger partial charge on any atom is -1.00 e. The van der Waals surface area contributed by atoms with Crippen LogP contribution in [0.4, 0.5) is 0 Å². The molecule has 0 spiro atoms. The Morgan fingerprint density at radius 2 is 1.29 bits per heavy atom. The third-order valence-corrected chi connectivity index (χ3v) is 15.1. The predicted octanol–water partition coefficient (Wildman–Crippen LogP) is 1.67. The molecule has 0 aromatic heterocycles. The number of nitrogens with two attached hydrogens (primary N) is 1. The minimum absolute atomic E-state index is 0. The fraction of sp³-hybridized carbons (Fsp3) is 0.212. The molecule has 4 aromatic carbocycles. The van der Waals surface area contributed by atoms with Crippen LogP contribution in [0.5, 0.6) is 5.75 Å². The quantitative estimate of drug-likeness (QED) is 0.143. The zero-order chi connectivity index (χ0) is 28.7. The molecule has 1 heterocycles. The Labute approximate surface area is 259 Å². The summed E-state index contributed by atoms with van der Waals surface area (Å²) in [5, 5.41) is 9.97. The summed E-state index contributed by atoms with van der Waals surface area (Å²) >= 11 is 8.16. The predicted molar refractivity (Wildman–Crippen MR) is 175 cm³/mol. The monoisotopic (exact) mass is 621 g/mol. The van der Waals surface area contributed by atoms with E-state index in [4.69, 9.17) is 21.7 Å². The number of guanidine groups is 2. The van der Waals surface area contributed by atoms with Gasteiger partial charge in [0.1, 0.15) is 0 Å². The molecule has 220 valence electrons. The van der Waals surface area contributed by atoms with Gasteiger partial charge in [-0.3, -0.25) is 4.58 Å². The Kier molecular flexibility index (Phi) is 10.2. The normalized spacial score (nSPS) is 15.6. The summed E-state index contributed by atoms with van der Waals surface area (Å²) in [5.74, 6) is -1.22. The fourth-order valence-corrected chi connectivity index (χ4v) is 11.6. The zero-order valence-electron chi connectivity index (χ0n) is 24.0. The molecular weight excluding hydrogens is 584 g/mol. The number of benzene rings is 4. The van der Waals surface area contributed by atoms with E-state index < -0.39 is 5.96 Å². The molecule has 0 amide bonds. The van der Waals surface area contributed by atoms with E-state index >= 15 is 0 Å². The number of hydrogen-bond acceptors (Lipinski definition) is 3. The van der Waals surface area contributed by atoms with Gasteiger partial charge in [-0.05, 0) is 0 Å². The molecule has 6 nitrogen and oxygen atoms in total. The number of unbranched alkanes of at least 4 members (excludes halogenated alkanes) is 1. The smallest absolute Gasteiger partial charge is 1.00 e. The standard InChI is InChI=1S/C33H37ClN5OP.ClH/c1-39(2)33-37-31(36-32(35)38-33)26-20-22-27(23-21-26)40-24-12-13-25-41(34,28-14-6-3-7-15-28,29-16-8-4-9-17-29)30-18-10-5-11-19-30;/h3-11,14-23,31H,12-13,24-25H2,1-2H3,(H3,35,36,37,38);1H. The molecule has 5 rings (SSSR count). The summed E-state index contributed by atoms with van der Waals surface area (Å²) in [6.45, 7) is 0.607. The molecule has 1 aliphatic heterocycles. The second-order valence-electron chi connectivity index (χ2n) is 10.5. The number of aliphatic imine (C=N–C) groups is 1. The number of halogens is 2. The molecule has 0 fully saturated rings. The second-order valence-corrected chi connectivity index (χ2v) is 17.1. The van der Waals surface area contributed by atoms with Crippen molar-refractivity contribution >= 4 is 45.0 Å². The van der Waals surface area contributed by atoms with Crippen LogP contribution < -0.4 is 49.4 Å². The van der Waals surface area contributed by atoms with Gasteiger partial charge in [0.25, 0.3) is 0 Å². The Bertz CT molecular complexity index is 1410. The number of hydrogen-bond donors (Lipinski definition) is 3. The van der Waals surface area contributed by atoms with Crippen molar-refractivity contribution in [2.75, 3.05) is 26.9 Å². The van der Waals surface area contributed by atoms with Gasteiger partial charge in [0.05, 0.1) is 14.1 Å². The summed E-state index contributed by atoms with van der Waals surface area (Å²) in [6.07, 6.45) is 2.40. The molecular formula is C33H38Cl2N5OP. The number of nitrogens with zero attached hydrogens (tertiary/aromatic N) is 2. The molecule has 0 radical (unpaired) electrons. The summed E-state index contributed by atoms with van der Waals surface area (Å²) in [7, 11) is 3.89. The van der Waals surface area contributed by atoms with Crippen LogP contribution in [0.25, 0.3) is 0 Å². The molecule has 0 aliphatic carbocycles. The van der Waals surface area contributed by atoms with Gasteiger partial charge in [-0.1, -0.05) is 0 Å². The number of ether oxygens (including phenoxy) is 1. The van der Waals surface area contributed by atoms with Crippen LogP contribution >= 0.6 is 17.2 Å². The van der Waals surface area contributed by atoms with Crippen LogP contribution in [0, 0.1) is 0 Å². The van der Waals surface area contributed by atoms with Gasteiger partial charge in [-0.15, -0.1) is 0 Å². The first-order valence-electron chi connectivity index (χ1n) is 13.9. The number of nitrogens with one attached hydrogen (secondary N) is 2. The molecule has 0 saturated heterocycles.